The van der Waals surface area contributed by atoms with E-state index in [1.54, 1.807) is 12.3 Å². The summed E-state index contributed by atoms with van der Waals surface area (Å²) in [4.78, 5) is 10.4. The first-order chi connectivity index (χ1) is 8.67. The molecular weight excluding hydrogens is 234 g/mol. The van der Waals surface area contributed by atoms with Crippen molar-refractivity contribution in [1.29, 1.82) is 0 Å². The van der Waals surface area contributed by atoms with Crippen LogP contribution in [0.25, 0.3) is 0 Å². The summed E-state index contributed by atoms with van der Waals surface area (Å²) in [7, 11) is 0. The van der Waals surface area contributed by atoms with Crippen LogP contribution < -0.4 is 10.6 Å². The van der Waals surface area contributed by atoms with E-state index in [4.69, 9.17) is 10.9 Å². The maximum absolute atomic E-state index is 9.41. The van der Waals surface area contributed by atoms with Crippen LogP contribution in [0.4, 0.5) is 5.95 Å². The summed E-state index contributed by atoms with van der Waals surface area (Å²) in [6.45, 7) is 2.96. The van der Waals surface area contributed by atoms with Crippen LogP contribution >= 0.6 is 0 Å². The molecule has 0 radical (unpaired) electrons. The Kier molecular flexibility index (Phi) is 3.61. The number of hydrogen-bond acceptors (Lipinski definition) is 6. The van der Waals surface area contributed by atoms with Gasteiger partial charge in [-0.1, -0.05) is 12.1 Å². The fraction of sp³-hybridized carbons (Fsp3) is 0.545. The van der Waals surface area contributed by atoms with Gasteiger partial charge in [-0.25, -0.2) is 9.97 Å². The highest BCUT2D eigenvalue weighted by molar-refractivity contribution is 5.95. The van der Waals surface area contributed by atoms with Gasteiger partial charge in [0.25, 0.3) is 0 Å². The molecule has 98 valence electrons. The highest BCUT2D eigenvalue weighted by Crippen LogP contribution is 2.26. The van der Waals surface area contributed by atoms with Crippen LogP contribution in [0.2, 0.25) is 0 Å². The zero-order valence-corrected chi connectivity index (χ0v) is 10.2. The summed E-state index contributed by atoms with van der Waals surface area (Å²) in [5, 5.41) is 21.0. The average Bonchev–Trinajstić information content (AvgIpc) is 2.79. The van der Waals surface area contributed by atoms with E-state index in [9.17, 15) is 5.11 Å². The third kappa shape index (κ3) is 2.21. The van der Waals surface area contributed by atoms with E-state index in [-0.39, 0.29) is 18.5 Å². The predicted molar refractivity (Wildman–Crippen MR) is 66.5 cm³/mol. The summed E-state index contributed by atoms with van der Waals surface area (Å²) < 4.78 is 0. The van der Waals surface area contributed by atoms with Crippen molar-refractivity contribution >= 4 is 11.8 Å². The van der Waals surface area contributed by atoms with Gasteiger partial charge >= 0.3 is 0 Å². The average molecular weight is 251 g/mol. The Morgan fingerprint density at radius 3 is 3.11 bits per heavy atom. The number of aromatic nitrogens is 2. The lowest BCUT2D eigenvalue weighted by molar-refractivity contribution is 0.244. The Hall–Kier alpha value is -1.89. The van der Waals surface area contributed by atoms with Crippen molar-refractivity contribution in [2.45, 2.75) is 19.4 Å². The van der Waals surface area contributed by atoms with Crippen LogP contribution in [0, 0.1) is 5.92 Å². The van der Waals surface area contributed by atoms with Crippen molar-refractivity contribution < 1.29 is 10.3 Å². The fourth-order valence-electron chi connectivity index (χ4n) is 2.22. The maximum atomic E-state index is 9.41. The molecule has 0 bridgehead atoms. The number of oxime groups is 1. The van der Waals surface area contributed by atoms with Crippen LogP contribution in [0.3, 0.4) is 0 Å². The molecule has 0 saturated carbocycles. The topological polar surface area (TPSA) is 108 Å². The summed E-state index contributed by atoms with van der Waals surface area (Å²) in [6, 6.07) is 1.60. The SMILES string of the molecule is CC1CCN(c2nccc(/C(N)=N/O)n2)C1CO. The number of rotatable bonds is 3. The van der Waals surface area contributed by atoms with E-state index in [1.807, 2.05) is 4.90 Å². The van der Waals surface area contributed by atoms with Gasteiger partial charge in [-0.2, -0.15) is 0 Å². The van der Waals surface area contributed by atoms with Crippen LogP contribution in [0.1, 0.15) is 19.0 Å². The van der Waals surface area contributed by atoms with Gasteiger partial charge in [0.05, 0.1) is 12.6 Å². The Bertz CT molecular complexity index is 451. The normalized spacial score (nSPS) is 24.6. The van der Waals surface area contributed by atoms with Crippen molar-refractivity contribution in [1.82, 2.24) is 9.97 Å². The first kappa shape index (κ1) is 12.6. The molecule has 7 heteroatoms. The summed E-state index contributed by atoms with van der Waals surface area (Å²) in [5.74, 6) is 0.847. The van der Waals surface area contributed by atoms with Crippen molar-refractivity contribution in [2.24, 2.45) is 16.8 Å². The molecule has 4 N–H and O–H groups in total. The molecule has 2 heterocycles. The Morgan fingerprint density at radius 1 is 1.67 bits per heavy atom. The van der Waals surface area contributed by atoms with Gasteiger partial charge in [0, 0.05) is 12.7 Å². The number of hydrogen-bond donors (Lipinski definition) is 3. The number of amidine groups is 1. The summed E-state index contributed by atoms with van der Waals surface area (Å²) in [5.41, 5.74) is 5.87. The van der Waals surface area contributed by atoms with E-state index in [1.165, 1.54) is 0 Å². The number of aliphatic hydroxyl groups is 1. The Balaban J connectivity index is 2.28. The number of nitrogens with two attached hydrogens (primary N) is 1. The van der Waals surface area contributed by atoms with Gasteiger partial charge in [-0.3, -0.25) is 0 Å². The minimum Gasteiger partial charge on any atom is -0.409 e. The lowest BCUT2D eigenvalue weighted by atomic mass is 10.0. The van der Waals surface area contributed by atoms with E-state index in [0.29, 0.717) is 17.6 Å². The molecule has 0 spiro atoms. The largest absolute Gasteiger partial charge is 0.409 e. The lowest BCUT2D eigenvalue weighted by Crippen LogP contribution is -2.36. The zero-order valence-electron chi connectivity index (χ0n) is 10.2. The number of aliphatic hydroxyl groups excluding tert-OH is 1. The highest BCUT2D eigenvalue weighted by Gasteiger charge is 2.32. The van der Waals surface area contributed by atoms with E-state index in [2.05, 4.69) is 22.0 Å². The Labute approximate surface area is 105 Å². The molecule has 0 aromatic carbocycles. The second-order valence-electron chi connectivity index (χ2n) is 4.44. The molecular formula is C11H17N5O2. The summed E-state index contributed by atoms with van der Waals surface area (Å²) >= 11 is 0. The van der Waals surface area contributed by atoms with Gasteiger partial charge in [-0.05, 0) is 18.4 Å². The first-order valence-electron chi connectivity index (χ1n) is 5.85. The quantitative estimate of drug-likeness (QED) is 0.296. The number of anilines is 1. The molecule has 2 rings (SSSR count). The van der Waals surface area contributed by atoms with Crippen LogP contribution in [-0.4, -0.2) is 45.3 Å². The van der Waals surface area contributed by atoms with E-state index >= 15 is 0 Å². The highest BCUT2D eigenvalue weighted by atomic mass is 16.4. The third-order valence-corrected chi connectivity index (χ3v) is 3.34. The minimum atomic E-state index is -0.0496. The molecule has 2 atom stereocenters. The monoisotopic (exact) mass is 251 g/mol. The van der Waals surface area contributed by atoms with E-state index in [0.717, 1.165) is 13.0 Å². The molecule has 1 aliphatic rings. The summed E-state index contributed by atoms with van der Waals surface area (Å²) in [6.07, 6.45) is 2.55. The number of nitrogens with zero attached hydrogens (tertiary/aromatic N) is 4. The molecule has 1 saturated heterocycles. The second-order valence-corrected chi connectivity index (χ2v) is 4.44. The molecule has 0 aliphatic carbocycles. The minimum absolute atomic E-state index is 0.0209. The van der Waals surface area contributed by atoms with Crippen LogP contribution in [0.15, 0.2) is 17.4 Å². The molecule has 18 heavy (non-hydrogen) atoms. The first-order valence-corrected chi connectivity index (χ1v) is 5.85. The van der Waals surface area contributed by atoms with Crippen LogP contribution in [0.5, 0.6) is 0 Å². The van der Waals surface area contributed by atoms with E-state index < -0.39 is 0 Å². The second kappa shape index (κ2) is 5.18. The van der Waals surface area contributed by atoms with Gasteiger partial charge in [-0.15, -0.1) is 0 Å². The standard InChI is InChI=1S/C11H17N5O2/c1-7-3-5-16(9(7)6-17)11-13-4-2-8(14-11)10(12)15-18/h2,4,7,9,17-18H,3,5-6H2,1H3,(H2,12,15). The van der Waals surface area contributed by atoms with Gasteiger partial charge in [0.15, 0.2) is 5.84 Å². The van der Waals surface area contributed by atoms with Crippen molar-refractivity contribution in [3.05, 3.63) is 18.0 Å². The van der Waals surface area contributed by atoms with Crippen LogP contribution in [-0.2, 0) is 0 Å². The molecule has 2 unspecified atom stereocenters. The smallest absolute Gasteiger partial charge is 0.226 e. The molecule has 0 amide bonds. The lowest BCUT2D eigenvalue weighted by Gasteiger charge is -2.25. The van der Waals surface area contributed by atoms with Crippen molar-refractivity contribution in [3.63, 3.8) is 0 Å². The third-order valence-electron chi connectivity index (χ3n) is 3.34. The molecule has 1 aromatic rings. The zero-order chi connectivity index (χ0) is 13.1. The van der Waals surface area contributed by atoms with Gasteiger partial charge in [0.2, 0.25) is 5.95 Å². The maximum Gasteiger partial charge on any atom is 0.226 e. The van der Waals surface area contributed by atoms with Crippen molar-refractivity contribution in [2.75, 3.05) is 18.1 Å². The van der Waals surface area contributed by atoms with Gasteiger partial charge < -0.3 is 20.9 Å². The molecule has 7 nitrogen and oxygen atoms in total. The Morgan fingerprint density at radius 2 is 2.44 bits per heavy atom. The molecule has 1 aliphatic heterocycles. The molecule has 1 aromatic heterocycles. The van der Waals surface area contributed by atoms with Gasteiger partial charge in [0.1, 0.15) is 5.69 Å². The van der Waals surface area contributed by atoms with Crippen molar-refractivity contribution in [3.8, 4) is 0 Å². The fourth-order valence-corrected chi connectivity index (χ4v) is 2.22. The molecule has 1 fully saturated rings. The predicted octanol–water partition coefficient (Wildman–Crippen LogP) is -0.222.